The van der Waals surface area contributed by atoms with Crippen LogP contribution in [-0.4, -0.2) is 0 Å². The second-order valence-corrected chi connectivity index (χ2v) is 2.12. The summed E-state index contributed by atoms with van der Waals surface area (Å²) in [4.78, 5) is 0. The number of hydrogen-bond donors (Lipinski definition) is 0. The minimum absolute atomic E-state index is 0.201. The Morgan fingerprint density at radius 1 is 1.22 bits per heavy atom. The predicted molar refractivity (Wildman–Crippen MR) is 38.7 cm³/mol. The molecular weight excluding hydrogens is 183 g/mol. The monoisotopic (exact) mass is 187 g/mol. The van der Waals surface area contributed by atoms with E-state index in [2.05, 4.69) is 15.9 Å². The predicted octanol–water partition coefficient (Wildman–Crippen LogP) is 2.73. The van der Waals surface area contributed by atoms with Crippen LogP contribution in [0.4, 0.5) is 4.39 Å². The molecule has 0 aromatic heterocycles. The van der Waals surface area contributed by atoms with E-state index in [-0.39, 0.29) is 5.82 Å². The maximum atomic E-state index is 12.2. The standard InChI is InChI=1S/C7H5BrF/c8-5-6-1-3-7(9)4-2-6/h1-5H. The summed E-state index contributed by atoms with van der Waals surface area (Å²) in [6.07, 6.45) is 0. The third kappa shape index (κ3) is 1.79. The molecule has 0 saturated carbocycles. The molecular formula is C7H5BrF. The summed E-state index contributed by atoms with van der Waals surface area (Å²) in [5, 5.41) is 1.74. The fourth-order valence-electron chi connectivity index (χ4n) is 0.536. The average Bonchev–Trinajstić information content (AvgIpc) is 1.90. The van der Waals surface area contributed by atoms with E-state index in [9.17, 15) is 4.39 Å². The summed E-state index contributed by atoms with van der Waals surface area (Å²) >= 11 is 3.13. The van der Waals surface area contributed by atoms with Gasteiger partial charge in [-0.2, -0.15) is 0 Å². The van der Waals surface area contributed by atoms with Crippen molar-refractivity contribution in [2.45, 2.75) is 0 Å². The van der Waals surface area contributed by atoms with Gasteiger partial charge in [0.15, 0.2) is 0 Å². The molecule has 0 fully saturated rings. The molecule has 1 radical (unpaired) electrons. The molecule has 0 aliphatic heterocycles. The van der Waals surface area contributed by atoms with Crippen molar-refractivity contribution in [2.75, 3.05) is 0 Å². The van der Waals surface area contributed by atoms with Gasteiger partial charge < -0.3 is 0 Å². The molecule has 0 nitrogen and oxygen atoms in total. The number of rotatable bonds is 1. The summed E-state index contributed by atoms with van der Waals surface area (Å²) in [7, 11) is 0. The molecule has 47 valence electrons. The van der Waals surface area contributed by atoms with Crippen molar-refractivity contribution in [3.63, 3.8) is 0 Å². The lowest BCUT2D eigenvalue weighted by Gasteiger charge is -1.90. The van der Waals surface area contributed by atoms with Gasteiger partial charge >= 0.3 is 0 Å². The van der Waals surface area contributed by atoms with E-state index < -0.39 is 0 Å². The van der Waals surface area contributed by atoms with Crippen molar-refractivity contribution in [3.05, 3.63) is 41.0 Å². The molecule has 0 amide bonds. The minimum atomic E-state index is -0.201. The highest BCUT2D eigenvalue weighted by Gasteiger charge is 1.88. The summed E-state index contributed by atoms with van der Waals surface area (Å²) in [6, 6.07) is 6.24. The van der Waals surface area contributed by atoms with Crippen LogP contribution in [0.2, 0.25) is 0 Å². The Morgan fingerprint density at radius 3 is 2.22 bits per heavy atom. The van der Waals surface area contributed by atoms with Crippen LogP contribution >= 0.6 is 15.9 Å². The molecule has 0 aliphatic carbocycles. The smallest absolute Gasteiger partial charge is 0.123 e. The van der Waals surface area contributed by atoms with Crippen molar-refractivity contribution in [2.24, 2.45) is 0 Å². The molecule has 0 unspecified atom stereocenters. The first-order chi connectivity index (χ1) is 4.33. The highest BCUT2D eigenvalue weighted by molar-refractivity contribution is 9.10. The summed E-state index contributed by atoms with van der Waals surface area (Å²) in [5.41, 5.74) is 0.969. The van der Waals surface area contributed by atoms with Gasteiger partial charge in [0.2, 0.25) is 0 Å². The van der Waals surface area contributed by atoms with Gasteiger partial charge in [0.1, 0.15) is 5.82 Å². The van der Waals surface area contributed by atoms with Gasteiger partial charge in [-0.3, -0.25) is 0 Å². The number of benzene rings is 1. The third-order valence-electron chi connectivity index (χ3n) is 0.996. The van der Waals surface area contributed by atoms with Gasteiger partial charge in [-0.05, 0) is 17.7 Å². The Balaban J connectivity index is 2.88. The van der Waals surface area contributed by atoms with E-state index in [0.29, 0.717) is 0 Å². The zero-order valence-corrected chi connectivity index (χ0v) is 6.23. The lowest BCUT2D eigenvalue weighted by Crippen LogP contribution is -1.74. The molecule has 0 N–H and O–H groups in total. The largest absolute Gasteiger partial charge is 0.207 e. The number of hydrogen-bond acceptors (Lipinski definition) is 0. The zero-order chi connectivity index (χ0) is 6.69. The highest BCUT2D eigenvalue weighted by atomic mass is 79.9. The molecule has 1 aromatic carbocycles. The van der Waals surface area contributed by atoms with E-state index in [1.54, 1.807) is 17.5 Å². The van der Waals surface area contributed by atoms with Crippen LogP contribution in [0.5, 0.6) is 0 Å². The molecule has 2 heteroatoms. The molecule has 0 saturated heterocycles. The average molecular weight is 188 g/mol. The fourth-order valence-corrected chi connectivity index (χ4v) is 0.841. The van der Waals surface area contributed by atoms with E-state index in [0.717, 1.165) is 5.56 Å². The Labute approximate surface area is 61.8 Å². The zero-order valence-electron chi connectivity index (χ0n) is 4.64. The van der Waals surface area contributed by atoms with Crippen LogP contribution in [0.1, 0.15) is 5.56 Å². The first-order valence-corrected chi connectivity index (χ1v) is 3.43. The molecule has 0 aliphatic rings. The van der Waals surface area contributed by atoms with Gasteiger partial charge in [-0.1, -0.05) is 28.1 Å². The van der Waals surface area contributed by atoms with Crippen molar-refractivity contribution in [3.8, 4) is 0 Å². The van der Waals surface area contributed by atoms with Gasteiger partial charge in [-0.25, -0.2) is 4.39 Å². The number of halogens is 2. The van der Waals surface area contributed by atoms with Gasteiger partial charge in [0.25, 0.3) is 0 Å². The first kappa shape index (κ1) is 6.75. The highest BCUT2D eigenvalue weighted by Crippen LogP contribution is 2.07. The normalized spacial score (nSPS) is 9.56. The van der Waals surface area contributed by atoms with Crippen LogP contribution < -0.4 is 0 Å². The van der Waals surface area contributed by atoms with Crippen molar-refractivity contribution in [1.82, 2.24) is 0 Å². The van der Waals surface area contributed by atoms with Crippen LogP contribution in [0, 0.1) is 11.1 Å². The third-order valence-corrected chi connectivity index (χ3v) is 1.52. The van der Waals surface area contributed by atoms with Crippen molar-refractivity contribution >= 4 is 15.9 Å². The minimum Gasteiger partial charge on any atom is -0.207 e. The molecule has 9 heavy (non-hydrogen) atoms. The Hall–Kier alpha value is -0.370. The Kier molecular flexibility index (Phi) is 2.22. The van der Waals surface area contributed by atoms with Crippen LogP contribution in [-0.2, 0) is 0 Å². The Morgan fingerprint density at radius 2 is 1.78 bits per heavy atom. The van der Waals surface area contributed by atoms with Crippen molar-refractivity contribution < 1.29 is 4.39 Å². The van der Waals surface area contributed by atoms with Crippen LogP contribution in [0.25, 0.3) is 0 Å². The molecule has 0 spiro atoms. The molecule has 1 rings (SSSR count). The second-order valence-electron chi connectivity index (χ2n) is 1.66. The van der Waals surface area contributed by atoms with Gasteiger partial charge in [0, 0.05) is 0 Å². The quantitative estimate of drug-likeness (QED) is 0.635. The van der Waals surface area contributed by atoms with E-state index >= 15 is 0 Å². The molecule has 0 bridgehead atoms. The van der Waals surface area contributed by atoms with E-state index in [1.165, 1.54) is 12.1 Å². The molecule has 0 heterocycles. The maximum absolute atomic E-state index is 12.2. The van der Waals surface area contributed by atoms with Gasteiger partial charge in [0.05, 0.1) is 5.33 Å². The fraction of sp³-hybridized carbons (Fsp3) is 0. The summed E-state index contributed by atoms with van der Waals surface area (Å²) in [5.74, 6) is -0.201. The molecule has 0 atom stereocenters. The lowest BCUT2D eigenvalue weighted by molar-refractivity contribution is 0.627. The van der Waals surface area contributed by atoms with Gasteiger partial charge in [-0.15, -0.1) is 0 Å². The Bertz CT molecular complexity index is 181. The SMILES string of the molecule is Fc1ccc([CH]Br)cc1. The maximum Gasteiger partial charge on any atom is 0.123 e. The van der Waals surface area contributed by atoms with E-state index in [4.69, 9.17) is 0 Å². The van der Waals surface area contributed by atoms with E-state index in [1.807, 2.05) is 0 Å². The lowest BCUT2D eigenvalue weighted by atomic mass is 10.2. The first-order valence-electron chi connectivity index (χ1n) is 2.52. The molecule has 1 aromatic rings. The van der Waals surface area contributed by atoms with Crippen molar-refractivity contribution in [1.29, 1.82) is 0 Å². The summed E-state index contributed by atoms with van der Waals surface area (Å²) in [6.45, 7) is 0. The summed E-state index contributed by atoms with van der Waals surface area (Å²) < 4.78 is 12.2. The van der Waals surface area contributed by atoms with Crippen LogP contribution in [0.3, 0.4) is 0 Å². The topological polar surface area (TPSA) is 0 Å². The second kappa shape index (κ2) is 2.97. The van der Waals surface area contributed by atoms with Crippen LogP contribution in [0.15, 0.2) is 24.3 Å².